The third-order valence-electron chi connectivity index (χ3n) is 7.01. The zero-order chi connectivity index (χ0) is 20.3. The summed E-state index contributed by atoms with van der Waals surface area (Å²) >= 11 is 0. The van der Waals surface area contributed by atoms with Crippen LogP contribution in [-0.2, 0) is 10.8 Å². The van der Waals surface area contributed by atoms with Gasteiger partial charge in [-0.25, -0.2) is 0 Å². The van der Waals surface area contributed by atoms with Crippen molar-refractivity contribution in [2.75, 3.05) is 0 Å². The summed E-state index contributed by atoms with van der Waals surface area (Å²) in [4.78, 5) is 0. The van der Waals surface area contributed by atoms with Gasteiger partial charge in [0.2, 0.25) is 8.32 Å². The van der Waals surface area contributed by atoms with Gasteiger partial charge in [-0.15, -0.1) is 0 Å². The van der Waals surface area contributed by atoms with Crippen molar-refractivity contribution in [3.05, 3.63) is 41.5 Å². The van der Waals surface area contributed by atoms with E-state index in [9.17, 15) is 0 Å². The molecule has 1 aromatic carbocycles. The molecule has 28 heavy (non-hydrogen) atoms. The molecular formula is C24H38O2Si2. The van der Waals surface area contributed by atoms with Crippen LogP contribution in [0.15, 0.2) is 30.4 Å². The van der Waals surface area contributed by atoms with E-state index in [4.69, 9.17) is 8.85 Å². The molecule has 1 aromatic rings. The lowest BCUT2D eigenvalue weighted by atomic mass is 9.59. The second-order valence-corrected chi connectivity index (χ2v) is 20.3. The Balaban J connectivity index is 1.61. The first-order valence-electron chi connectivity index (χ1n) is 11.2. The molecule has 0 spiro atoms. The largest absolute Gasteiger partial charge is 0.544 e. The molecular weight excluding hydrogens is 376 g/mol. The smallest absolute Gasteiger partial charge is 0.242 e. The Labute approximate surface area is 174 Å². The summed E-state index contributed by atoms with van der Waals surface area (Å²) in [5.74, 6) is 3.18. The monoisotopic (exact) mass is 414 g/mol. The lowest BCUT2D eigenvalue weighted by Crippen LogP contribution is -2.45. The molecule has 0 amide bonds. The molecule has 0 saturated heterocycles. The van der Waals surface area contributed by atoms with Crippen molar-refractivity contribution in [1.29, 1.82) is 0 Å². The molecule has 0 N–H and O–H groups in total. The predicted octanol–water partition coefficient (Wildman–Crippen LogP) is 6.75. The third kappa shape index (κ3) is 3.80. The van der Waals surface area contributed by atoms with Crippen LogP contribution < -0.4 is 4.43 Å². The molecule has 1 fully saturated rings. The summed E-state index contributed by atoms with van der Waals surface area (Å²) in [6.07, 6.45) is 10.5. The van der Waals surface area contributed by atoms with Crippen molar-refractivity contribution in [2.24, 2.45) is 17.3 Å². The molecule has 5 atom stereocenters. The highest BCUT2D eigenvalue weighted by Crippen LogP contribution is 2.59. The number of benzene rings is 1. The SMILES string of the molecule is C[C@]12C=CC3c4ccc(O[Si](C)(C)C)cc4CCC3C1CC[C@@H]2O[Si](C)(C)C. The maximum Gasteiger partial charge on any atom is 0.242 e. The average molecular weight is 415 g/mol. The molecule has 0 radical (unpaired) electrons. The predicted molar refractivity (Wildman–Crippen MR) is 123 cm³/mol. The van der Waals surface area contributed by atoms with Crippen LogP contribution >= 0.6 is 0 Å². The van der Waals surface area contributed by atoms with Crippen LogP contribution in [0.2, 0.25) is 39.3 Å². The van der Waals surface area contributed by atoms with Gasteiger partial charge in [-0.05, 0) is 100 Å². The fourth-order valence-electron chi connectivity index (χ4n) is 5.99. The van der Waals surface area contributed by atoms with Crippen LogP contribution in [0.5, 0.6) is 5.75 Å². The van der Waals surface area contributed by atoms with Crippen molar-refractivity contribution in [3.8, 4) is 5.75 Å². The first-order chi connectivity index (χ1) is 13.0. The Morgan fingerprint density at radius 2 is 1.71 bits per heavy atom. The number of hydrogen-bond donors (Lipinski definition) is 0. The van der Waals surface area contributed by atoms with Crippen molar-refractivity contribution in [3.63, 3.8) is 0 Å². The van der Waals surface area contributed by atoms with Crippen LogP contribution in [0, 0.1) is 17.3 Å². The van der Waals surface area contributed by atoms with E-state index in [0.29, 0.717) is 12.0 Å². The number of fused-ring (bicyclic) bond motifs is 5. The Bertz CT molecular complexity index is 774. The number of hydrogen-bond acceptors (Lipinski definition) is 2. The summed E-state index contributed by atoms with van der Waals surface area (Å²) in [5.41, 5.74) is 3.28. The lowest BCUT2D eigenvalue weighted by molar-refractivity contribution is 0.0572. The third-order valence-corrected chi connectivity index (χ3v) is 8.85. The minimum absolute atomic E-state index is 0.222. The van der Waals surface area contributed by atoms with E-state index in [1.165, 1.54) is 31.2 Å². The fourth-order valence-corrected chi connectivity index (χ4v) is 8.05. The standard InChI is InChI=1S/C24H38O2Si2/c1-24-15-14-20-19-11-9-18(25-27(2,3)4)16-17(19)8-10-21(20)22(24)12-13-23(24)26-28(5,6)7/h9,11,14-16,20-23H,8,10,12-13H2,1-7H3/t20?,21?,22?,23-,24-/m0/s1. The second kappa shape index (κ2) is 6.85. The fraction of sp³-hybridized carbons (Fsp3) is 0.667. The molecule has 154 valence electrons. The van der Waals surface area contributed by atoms with E-state index < -0.39 is 16.6 Å². The molecule has 4 rings (SSSR count). The molecule has 3 aliphatic carbocycles. The number of aryl methyl sites for hydroxylation is 1. The summed E-state index contributed by atoms with van der Waals surface area (Å²) in [6.45, 7) is 16.2. The Kier molecular flexibility index (Phi) is 5.00. The minimum Gasteiger partial charge on any atom is -0.544 e. The van der Waals surface area contributed by atoms with Crippen LogP contribution in [0.4, 0.5) is 0 Å². The molecule has 1 saturated carbocycles. The second-order valence-electron chi connectivity index (χ2n) is 11.4. The zero-order valence-corrected chi connectivity index (χ0v) is 20.8. The van der Waals surface area contributed by atoms with Gasteiger partial charge in [0.25, 0.3) is 0 Å². The lowest BCUT2D eigenvalue weighted by Gasteiger charge is -2.48. The van der Waals surface area contributed by atoms with Gasteiger partial charge in [0.1, 0.15) is 5.75 Å². The molecule has 0 heterocycles. The molecule has 0 aromatic heterocycles. The van der Waals surface area contributed by atoms with Crippen LogP contribution in [0.25, 0.3) is 0 Å². The maximum absolute atomic E-state index is 6.66. The highest BCUT2D eigenvalue weighted by molar-refractivity contribution is 6.70. The number of allylic oxidation sites excluding steroid dienone is 1. The molecule has 4 heteroatoms. The highest BCUT2D eigenvalue weighted by atomic mass is 28.4. The minimum atomic E-state index is -1.56. The topological polar surface area (TPSA) is 18.5 Å². The van der Waals surface area contributed by atoms with E-state index in [1.807, 2.05) is 0 Å². The van der Waals surface area contributed by atoms with Gasteiger partial charge in [-0.2, -0.15) is 0 Å². The molecule has 2 nitrogen and oxygen atoms in total. The van der Waals surface area contributed by atoms with Crippen molar-refractivity contribution < 1.29 is 8.85 Å². The first kappa shape index (κ1) is 20.4. The van der Waals surface area contributed by atoms with Gasteiger partial charge in [0.15, 0.2) is 8.32 Å². The normalized spacial score (nSPS) is 34.5. The number of rotatable bonds is 4. The van der Waals surface area contributed by atoms with Crippen molar-refractivity contribution in [2.45, 2.75) is 83.9 Å². The summed E-state index contributed by atoms with van der Waals surface area (Å²) < 4.78 is 12.9. The maximum atomic E-state index is 6.66. The first-order valence-corrected chi connectivity index (χ1v) is 18.0. The Morgan fingerprint density at radius 1 is 0.964 bits per heavy atom. The van der Waals surface area contributed by atoms with Crippen molar-refractivity contribution in [1.82, 2.24) is 0 Å². The average Bonchev–Trinajstić information content (AvgIpc) is 2.88. The van der Waals surface area contributed by atoms with Gasteiger partial charge in [-0.1, -0.05) is 25.1 Å². The Morgan fingerprint density at radius 3 is 2.39 bits per heavy atom. The highest BCUT2D eigenvalue weighted by Gasteiger charge is 2.53. The van der Waals surface area contributed by atoms with Gasteiger partial charge < -0.3 is 8.85 Å². The zero-order valence-electron chi connectivity index (χ0n) is 18.8. The van der Waals surface area contributed by atoms with E-state index in [0.717, 1.165) is 17.6 Å². The molecule has 3 aliphatic rings. The molecule has 0 aliphatic heterocycles. The van der Waals surface area contributed by atoms with Crippen LogP contribution in [0.3, 0.4) is 0 Å². The molecule has 0 bridgehead atoms. The van der Waals surface area contributed by atoms with Crippen molar-refractivity contribution >= 4 is 16.6 Å². The van der Waals surface area contributed by atoms with E-state index in [1.54, 1.807) is 5.56 Å². The van der Waals surface area contributed by atoms with Gasteiger partial charge >= 0.3 is 0 Å². The summed E-state index contributed by atoms with van der Waals surface area (Å²) in [6, 6.07) is 6.91. The van der Waals surface area contributed by atoms with Crippen LogP contribution in [0.1, 0.15) is 43.2 Å². The summed E-state index contributed by atoms with van der Waals surface area (Å²) in [5, 5.41) is 0. The quantitative estimate of drug-likeness (QED) is 0.400. The van der Waals surface area contributed by atoms with Gasteiger partial charge in [0.05, 0.1) is 6.10 Å². The van der Waals surface area contributed by atoms with E-state index in [2.05, 4.69) is 76.6 Å². The Hall–Kier alpha value is -0.846. The van der Waals surface area contributed by atoms with Gasteiger partial charge in [0, 0.05) is 11.3 Å². The van der Waals surface area contributed by atoms with Crippen LogP contribution in [-0.4, -0.2) is 22.7 Å². The summed E-state index contributed by atoms with van der Waals surface area (Å²) in [7, 11) is -3.07. The van der Waals surface area contributed by atoms with Gasteiger partial charge in [-0.3, -0.25) is 0 Å². The molecule has 3 unspecified atom stereocenters. The van der Waals surface area contributed by atoms with E-state index >= 15 is 0 Å². The van der Waals surface area contributed by atoms with E-state index in [-0.39, 0.29) is 5.41 Å².